The largest absolute Gasteiger partial charge is 0.322 e. The maximum Gasteiger partial charge on any atom is 0.264 e. The highest BCUT2D eigenvalue weighted by Gasteiger charge is 2.18. The predicted molar refractivity (Wildman–Crippen MR) is 129 cm³/mol. The smallest absolute Gasteiger partial charge is 0.264 e. The van der Waals surface area contributed by atoms with Crippen LogP contribution in [-0.2, 0) is 16.6 Å². The van der Waals surface area contributed by atoms with Crippen LogP contribution in [0.4, 0.5) is 0 Å². The van der Waals surface area contributed by atoms with E-state index in [4.69, 9.17) is 0 Å². The summed E-state index contributed by atoms with van der Waals surface area (Å²) in [7, 11) is -3.65. The number of pyridine rings is 1. The fourth-order valence-electron chi connectivity index (χ4n) is 3.67. The van der Waals surface area contributed by atoms with E-state index in [0.717, 1.165) is 38.7 Å². The van der Waals surface area contributed by atoms with Gasteiger partial charge in [-0.1, -0.05) is 37.6 Å². The van der Waals surface area contributed by atoms with Crippen molar-refractivity contribution in [3.05, 3.63) is 70.2 Å². The van der Waals surface area contributed by atoms with E-state index in [1.54, 1.807) is 24.4 Å². The maximum absolute atomic E-state index is 12.5. The SMILES string of the molecule is CCCCS(=O)(=O)NC(=O)c1ccc2c(c1)nc(C)n2Cc1ncc(Br)c2ccccc12. The van der Waals surface area contributed by atoms with E-state index in [-0.39, 0.29) is 11.3 Å². The van der Waals surface area contributed by atoms with Crippen LogP contribution in [0.2, 0.25) is 0 Å². The van der Waals surface area contributed by atoms with Gasteiger partial charge in [-0.15, -0.1) is 0 Å². The number of nitrogens with zero attached hydrogens (tertiary/aromatic N) is 3. The molecular formula is C23H23BrN4O3S. The van der Waals surface area contributed by atoms with Gasteiger partial charge in [0.15, 0.2) is 0 Å². The number of rotatable bonds is 7. The van der Waals surface area contributed by atoms with E-state index in [2.05, 4.69) is 30.6 Å². The minimum Gasteiger partial charge on any atom is -0.322 e. The quantitative estimate of drug-likeness (QED) is 0.390. The van der Waals surface area contributed by atoms with Gasteiger partial charge in [0.2, 0.25) is 10.0 Å². The van der Waals surface area contributed by atoms with Crippen LogP contribution < -0.4 is 4.72 Å². The molecule has 0 aliphatic carbocycles. The molecule has 32 heavy (non-hydrogen) atoms. The van der Waals surface area contributed by atoms with Crippen molar-refractivity contribution in [2.24, 2.45) is 0 Å². The van der Waals surface area contributed by atoms with E-state index < -0.39 is 15.9 Å². The summed E-state index contributed by atoms with van der Waals surface area (Å²) in [5, 5.41) is 2.14. The molecule has 0 radical (unpaired) electrons. The van der Waals surface area contributed by atoms with E-state index in [1.807, 2.05) is 42.7 Å². The fourth-order valence-corrected chi connectivity index (χ4v) is 5.29. The molecule has 4 aromatic rings. The normalized spacial score (nSPS) is 11.8. The molecule has 0 fully saturated rings. The molecule has 0 saturated carbocycles. The first-order valence-electron chi connectivity index (χ1n) is 10.3. The Bertz CT molecular complexity index is 1430. The van der Waals surface area contributed by atoms with E-state index in [0.29, 0.717) is 18.5 Å². The maximum atomic E-state index is 12.5. The lowest BCUT2D eigenvalue weighted by molar-refractivity contribution is 0.0981. The van der Waals surface area contributed by atoms with Crippen molar-refractivity contribution in [2.75, 3.05) is 5.75 Å². The van der Waals surface area contributed by atoms with Crippen LogP contribution in [0.25, 0.3) is 21.8 Å². The van der Waals surface area contributed by atoms with Crippen LogP contribution in [0.1, 0.15) is 41.6 Å². The second kappa shape index (κ2) is 8.99. The summed E-state index contributed by atoms with van der Waals surface area (Å²) in [6.07, 6.45) is 3.04. The zero-order valence-corrected chi connectivity index (χ0v) is 20.2. The molecule has 7 nitrogen and oxygen atoms in total. The van der Waals surface area contributed by atoms with Crippen molar-refractivity contribution in [1.29, 1.82) is 0 Å². The molecule has 0 saturated heterocycles. The first kappa shape index (κ1) is 22.4. The van der Waals surface area contributed by atoms with Crippen molar-refractivity contribution in [3.63, 3.8) is 0 Å². The van der Waals surface area contributed by atoms with Crippen LogP contribution in [-0.4, -0.2) is 34.6 Å². The van der Waals surface area contributed by atoms with E-state index in [9.17, 15) is 13.2 Å². The monoisotopic (exact) mass is 514 g/mol. The van der Waals surface area contributed by atoms with Crippen molar-refractivity contribution < 1.29 is 13.2 Å². The van der Waals surface area contributed by atoms with E-state index >= 15 is 0 Å². The third-order valence-corrected chi connectivity index (χ3v) is 7.31. The molecule has 2 aromatic heterocycles. The molecule has 0 aliphatic heterocycles. The Morgan fingerprint density at radius 2 is 1.91 bits per heavy atom. The number of fused-ring (bicyclic) bond motifs is 2. The van der Waals surface area contributed by atoms with Crippen molar-refractivity contribution in [1.82, 2.24) is 19.3 Å². The molecular weight excluding hydrogens is 492 g/mol. The molecule has 4 rings (SSSR count). The third kappa shape index (κ3) is 4.54. The van der Waals surface area contributed by atoms with Gasteiger partial charge in [0, 0.05) is 21.6 Å². The summed E-state index contributed by atoms with van der Waals surface area (Å²) in [4.78, 5) is 21.7. The zero-order valence-electron chi connectivity index (χ0n) is 17.8. The molecule has 1 N–H and O–H groups in total. The lowest BCUT2D eigenvalue weighted by Gasteiger charge is -2.11. The number of carbonyl (C=O) groups is 1. The molecule has 0 spiro atoms. The molecule has 2 heterocycles. The summed E-state index contributed by atoms with van der Waals surface area (Å²) in [6.45, 7) is 4.32. The number of nitrogens with one attached hydrogen (secondary N) is 1. The minimum absolute atomic E-state index is 0.0701. The number of sulfonamides is 1. The molecule has 9 heteroatoms. The van der Waals surface area contributed by atoms with Gasteiger partial charge in [-0.05, 0) is 52.9 Å². The number of carbonyl (C=O) groups excluding carboxylic acids is 1. The van der Waals surface area contributed by atoms with Gasteiger partial charge >= 0.3 is 0 Å². The van der Waals surface area contributed by atoms with Gasteiger partial charge in [-0.25, -0.2) is 18.1 Å². The predicted octanol–water partition coefficient (Wildman–Crippen LogP) is 4.56. The van der Waals surface area contributed by atoms with Gasteiger partial charge < -0.3 is 4.57 Å². The first-order valence-corrected chi connectivity index (χ1v) is 12.8. The Morgan fingerprint density at radius 1 is 1.16 bits per heavy atom. The molecule has 166 valence electrons. The van der Waals surface area contributed by atoms with Crippen LogP contribution >= 0.6 is 15.9 Å². The molecule has 2 aromatic carbocycles. The minimum atomic E-state index is -3.65. The zero-order chi connectivity index (χ0) is 22.9. The van der Waals surface area contributed by atoms with Crippen molar-refractivity contribution in [3.8, 4) is 0 Å². The number of benzene rings is 2. The lowest BCUT2D eigenvalue weighted by atomic mass is 10.1. The lowest BCUT2D eigenvalue weighted by Crippen LogP contribution is -2.32. The number of hydrogen-bond donors (Lipinski definition) is 1. The second-order valence-electron chi connectivity index (χ2n) is 7.65. The molecule has 0 atom stereocenters. The fraction of sp³-hybridized carbons (Fsp3) is 0.261. The van der Waals surface area contributed by atoms with Gasteiger partial charge in [0.1, 0.15) is 5.82 Å². The number of aromatic nitrogens is 3. The molecule has 0 bridgehead atoms. The topological polar surface area (TPSA) is 94.0 Å². The summed E-state index contributed by atoms with van der Waals surface area (Å²) < 4.78 is 29.3. The average Bonchev–Trinajstić information content (AvgIpc) is 3.08. The number of unbranched alkanes of at least 4 members (excludes halogenated alkanes) is 1. The highest BCUT2D eigenvalue weighted by Crippen LogP contribution is 2.27. The number of halogens is 1. The van der Waals surface area contributed by atoms with Crippen LogP contribution in [0.15, 0.2) is 53.1 Å². The summed E-state index contributed by atoms with van der Waals surface area (Å²) in [5.74, 6) is 0.0667. The average molecular weight is 515 g/mol. The third-order valence-electron chi connectivity index (χ3n) is 5.35. The van der Waals surface area contributed by atoms with Gasteiger partial charge in [0.25, 0.3) is 5.91 Å². The molecule has 1 amide bonds. The Kier molecular flexibility index (Phi) is 6.30. The number of aryl methyl sites for hydroxylation is 1. The molecule has 0 aliphatic rings. The number of imidazole rings is 1. The second-order valence-corrected chi connectivity index (χ2v) is 10.3. The summed E-state index contributed by atoms with van der Waals surface area (Å²) in [5.41, 5.74) is 2.65. The highest BCUT2D eigenvalue weighted by atomic mass is 79.9. The Hall–Kier alpha value is -2.78. The van der Waals surface area contributed by atoms with E-state index in [1.165, 1.54) is 0 Å². The van der Waals surface area contributed by atoms with Crippen LogP contribution in [0, 0.1) is 6.92 Å². The Morgan fingerprint density at radius 3 is 2.66 bits per heavy atom. The van der Waals surface area contributed by atoms with Gasteiger partial charge in [-0.3, -0.25) is 9.78 Å². The number of amides is 1. The van der Waals surface area contributed by atoms with Crippen molar-refractivity contribution >= 4 is 53.7 Å². The molecule has 0 unspecified atom stereocenters. The summed E-state index contributed by atoms with van der Waals surface area (Å²) >= 11 is 3.56. The van der Waals surface area contributed by atoms with Gasteiger partial charge in [-0.2, -0.15) is 0 Å². The Labute approximate surface area is 195 Å². The number of hydrogen-bond acceptors (Lipinski definition) is 5. The summed E-state index contributed by atoms with van der Waals surface area (Å²) in [6, 6.07) is 13.1. The van der Waals surface area contributed by atoms with Crippen LogP contribution in [0.5, 0.6) is 0 Å². The van der Waals surface area contributed by atoms with Crippen LogP contribution in [0.3, 0.4) is 0 Å². The first-order chi connectivity index (χ1) is 15.3. The van der Waals surface area contributed by atoms with Gasteiger partial charge in [0.05, 0.1) is 29.0 Å². The Balaban J connectivity index is 1.65. The van der Waals surface area contributed by atoms with Crippen molar-refractivity contribution in [2.45, 2.75) is 33.2 Å². The standard InChI is InChI=1S/C23H23BrN4O3S/c1-3-4-11-32(30,31)27-23(29)16-9-10-22-20(12-16)26-15(2)28(22)14-21-18-8-6-5-7-17(18)19(24)13-25-21/h5-10,12-13H,3-4,11,14H2,1-2H3,(H,27,29). The highest BCUT2D eigenvalue weighted by molar-refractivity contribution is 9.10.